The predicted octanol–water partition coefficient (Wildman–Crippen LogP) is 2.51. The molecular weight excluding hydrogens is 312 g/mol. The van der Waals surface area contributed by atoms with Gasteiger partial charge in [0.2, 0.25) is 0 Å². The first kappa shape index (κ1) is 12.4. The van der Waals surface area contributed by atoms with Crippen molar-refractivity contribution in [2.75, 3.05) is 18.5 Å². The van der Waals surface area contributed by atoms with Crippen molar-refractivity contribution in [1.29, 1.82) is 0 Å². The summed E-state index contributed by atoms with van der Waals surface area (Å²) >= 11 is 3.40. The molecule has 0 radical (unpaired) electrons. The topological polar surface area (TPSA) is 71.5 Å². The zero-order valence-electron chi connectivity index (χ0n) is 9.89. The SMILES string of the molecule is O=C(O)c1cnc2ccc(Br)cc2c1NC1COC1. The van der Waals surface area contributed by atoms with Gasteiger partial charge < -0.3 is 15.2 Å². The minimum absolute atomic E-state index is 0.155. The molecule has 5 nitrogen and oxygen atoms in total. The van der Waals surface area contributed by atoms with Gasteiger partial charge in [-0.2, -0.15) is 0 Å². The lowest BCUT2D eigenvalue weighted by molar-refractivity contribution is 0.0211. The predicted molar refractivity (Wildman–Crippen MR) is 74.6 cm³/mol. The van der Waals surface area contributed by atoms with Crippen LogP contribution >= 0.6 is 15.9 Å². The molecule has 0 atom stereocenters. The van der Waals surface area contributed by atoms with Gasteiger partial charge in [-0.15, -0.1) is 0 Å². The molecule has 19 heavy (non-hydrogen) atoms. The quantitative estimate of drug-likeness (QED) is 0.908. The highest BCUT2D eigenvalue weighted by atomic mass is 79.9. The molecule has 0 bridgehead atoms. The van der Waals surface area contributed by atoms with Crippen LogP contribution in [0.25, 0.3) is 10.9 Å². The second-order valence-electron chi connectivity index (χ2n) is 4.39. The van der Waals surface area contributed by atoms with Crippen LogP contribution < -0.4 is 5.32 Å². The number of hydrogen-bond donors (Lipinski definition) is 2. The molecule has 2 aromatic rings. The molecule has 1 aliphatic rings. The Morgan fingerprint density at radius 1 is 1.47 bits per heavy atom. The molecule has 2 heterocycles. The van der Waals surface area contributed by atoms with E-state index < -0.39 is 5.97 Å². The minimum atomic E-state index is -0.989. The number of ether oxygens (including phenoxy) is 1. The molecule has 6 heteroatoms. The third-order valence-corrected chi connectivity index (χ3v) is 3.54. The van der Waals surface area contributed by atoms with Crippen LogP contribution in [0.3, 0.4) is 0 Å². The van der Waals surface area contributed by atoms with Crippen molar-refractivity contribution in [3.63, 3.8) is 0 Å². The highest BCUT2D eigenvalue weighted by Crippen LogP contribution is 2.30. The summed E-state index contributed by atoms with van der Waals surface area (Å²) in [6.45, 7) is 1.19. The monoisotopic (exact) mass is 322 g/mol. The van der Waals surface area contributed by atoms with Crippen molar-refractivity contribution >= 4 is 38.5 Å². The molecule has 1 aromatic heterocycles. The van der Waals surface area contributed by atoms with Crippen molar-refractivity contribution in [3.05, 3.63) is 34.4 Å². The Labute approximate surface area is 117 Å². The Bertz CT molecular complexity index is 656. The van der Waals surface area contributed by atoms with Crippen LogP contribution in [0, 0.1) is 0 Å². The summed E-state index contributed by atoms with van der Waals surface area (Å²) in [5.41, 5.74) is 1.54. The number of carboxylic acids is 1. The number of aromatic carboxylic acids is 1. The Balaban J connectivity index is 2.17. The van der Waals surface area contributed by atoms with Crippen LogP contribution in [0.2, 0.25) is 0 Å². The van der Waals surface area contributed by atoms with E-state index in [2.05, 4.69) is 26.2 Å². The highest BCUT2D eigenvalue weighted by Gasteiger charge is 2.22. The van der Waals surface area contributed by atoms with Gasteiger partial charge in [-0.3, -0.25) is 4.98 Å². The Morgan fingerprint density at radius 3 is 2.89 bits per heavy atom. The second-order valence-corrected chi connectivity index (χ2v) is 5.31. The van der Waals surface area contributed by atoms with Crippen molar-refractivity contribution in [3.8, 4) is 0 Å². The molecule has 0 saturated carbocycles. The maximum absolute atomic E-state index is 11.3. The zero-order chi connectivity index (χ0) is 13.4. The van der Waals surface area contributed by atoms with E-state index in [1.165, 1.54) is 6.20 Å². The standard InChI is InChI=1S/C13H11BrN2O3/c14-7-1-2-11-9(3-7)12(16-8-5-19-6-8)10(4-15-11)13(17)18/h1-4,8H,5-6H2,(H,15,16)(H,17,18). The van der Waals surface area contributed by atoms with Gasteiger partial charge in [0.05, 0.1) is 30.5 Å². The van der Waals surface area contributed by atoms with Crippen molar-refractivity contribution in [2.24, 2.45) is 0 Å². The minimum Gasteiger partial charge on any atom is -0.478 e. The molecule has 1 saturated heterocycles. The summed E-state index contributed by atoms with van der Waals surface area (Å²) in [4.78, 5) is 15.5. The summed E-state index contributed by atoms with van der Waals surface area (Å²) in [7, 11) is 0. The van der Waals surface area contributed by atoms with Gasteiger partial charge in [-0.25, -0.2) is 4.79 Å². The molecule has 0 amide bonds. The number of benzene rings is 1. The van der Waals surface area contributed by atoms with Crippen LogP contribution in [-0.4, -0.2) is 35.3 Å². The number of carboxylic acid groups (broad SMARTS) is 1. The molecule has 98 valence electrons. The van der Waals surface area contributed by atoms with Crippen LogP contribution in [0.1, 0.15) is 10.4 Å². The number of rotatable bonds is 3. The van der Waals surface area contributed by atoms with Crippen LogP contribution in [0.15, 0.2) is 28.9 Å². The molecule has 0 unspecified atom stereocenters. The van der Waals surface area contributed by atoms with E-state index in [0.717, 1.165) is 15.4 Å². The lowest BCUT2D eigenvalue weighted by atomic mass is 10.1. The molecule has 2 N–H and O–H groups in total. The van der Waals surface area contributed by atoms with E-state index in [9.17, 15) is 9.90 Å². The van der Waals surface area contributed by atoms with E-state index in [1.807, 2.05) is 18.2 Å². The maximum Gasteiger partial charge on any atom is 0.339 e. The van der Waals surface area contributed by atoms with Crippen LogP contribution in [0.5, 0.6) is 0 Å². The fourth-order valence-electron chi connectivity index (χ4n) is 2.01. The molecule has 0 aliphatic carbocycles. The average Bonchev–Trinajstić information content (AvgIpc) is 2.33. The number of nitrogens with zero attached hydrogens (tertiary/aromatic N) is 1. The number of anilines is 1. The Hall–Kier alpha value is -1.66. The van der Waals surface area contributed by atoms with E-state index >= 15 is 0 Å². The normalized spacial score (nSPS) is 15.2. The van der Waals surface area contributed by atoms with Gasteiger partial charge in [-0.1, -0.05) is 15.9 Å². The number of carbonyl (C=O) groups is 1. The molecule has 1 aromatic carbocycles. The molecular formula is C13H11BrN2O3. The Kier molecular flexibility index (Phi) is 3.12. The number of pyridine rings is 1. The summed E-state index contributed by atoms with van der Waals surface area (Å²) in [5.74, 6) is -0.989. The zero-order valence-corrected chi connectivity index (χ0v) is 11.5. The summed E-state index contributed by atoms with van der Waals surface area (Å²) in [6, 6.07) is 5.76. The van der Waals surface area contributed by atoms with Crippen molar-refractivity contribution < 1.29 is 14.6 Å². The summed E-state index contributed by atoms with van der Waals surface area (Å²) in [6.07, 6.45) is 1.39. The third kappa shape index (κ3) is 2.29. The van der Waals surface area contributed by atoms with Crippen molar-refractivity contribution in [1.82, 2.24) is 4.98 Å². The van der Waals surface area contributed by atoms with E-state index in [1.54, 1.807) is 0 Å². The van der Waals surface area contributed by atoms with Gasteiger partial charge in [0.25, 0.3) is 0 Å². The van der Waals surface area contributed by atoms with E-state index in [4.69, 9.17) is 4.74 Å². The van der Waals surface area contributed by atoms with Crippen LogP contribution in [0.4, 0.5) is 5.69 Å². The fraction of sp³-hybridized carbons (Fsp3) is 0.231. The Morgan fingerprint density at radius 2 is 2.26 bits per heavy atom. The van der Waals surface area contributed by atoms with Gasteiger partial charge in [0, 0.05) is 16.1 Å². The molecule has 0 spiro atoms. The third-order valence-electron chi connectivity index (χ3n) is 3.05. The van der Waals surface area contributed by atoms with Gasteiger partial charge in [0.1, 0.15) is 5.56 Å². The average molecular weight is 323 g/mol. The van der Waals surface area contributed by atoms with Gasteiger partial charge >= 0.3 is 5.97 Å². The van der Waals surface area contributed by atoms with Gasteiger partial charge in [0.15, 0.2) is 0 Å². The van der Waals surface area contributed by atoms with E-state index in [0.29, 0.717) is 18.9 Å². The largest absolute Gasteiger partial charge is 0.478 e. The molecule has 1 fully saturated rings. The van der Waals surface area contributed by atoms with Crippen molar-refractivity contribution in [2.45, 2.75) is 6.04 Å². The number of aromatic nitrogens is 1. The van der Waals surface area contributed by atoms with E-state index in [-0.39, 0.29) is 11.6 Å². The first-order valence-corrected chi connectivity index (χ1v) is 6.60. The molecule has 1 aliphatic heterocycles. The lowest BCUT2D eigenvalue weighted by Gasteiger charge is -2.29. The number of fused-ring (bicyclic) bond motifs is 1. The number of halogens is 1. The fourth-order valence-corrected chi connectivity index (χ4v) is 2.37. The summed E-state index contributed by atoms with van der Waals surface area (Å²) < 4.78 is 5.99. The number of nitrogens with one attached hydrogen (secondary N) is 1. The van der Waals surface area contributed by atoms with Crippen LogP contribution in [-0.2, 0) is 4.74 Å². The lowest BCUT2D eigenvalue weighted by Crippen LogP contribution is -2.40. The number of hydrogen-bond acceptors (Lipinski definition) is 4. The summed E-state index contributed by atoms with van der Waals surface area (Å²) in [5, 5.41) is 13.3. The molecule has 3 rings (SSSR count). The highest BCUT2D eigenvalue weighted by molar-refractivity contribution is 9.10. The van der Waals surface area contributed by atoms with Gasteiger partial charge in [-0.05, 0) is 18.2 Å². The first-order valence-electron chi connectivity index (χ1n) is 5.81. The first-order chi connectivity index (χ1) is 9.15. The smallest absolute Gasteiger partial charge is 0.339 e. The maximum atomic E-state index is 11.3. The second kappa shape index (κ2) is 4.79.